The number of aromatic nitrogens is 2. The Hall–Kier alpha value is -3.54. The predicted octanol–water partition coefficient (Wildman–Crippen LogP) is 6.87. The molecule has 0 atom stereocenters. The molecule has 0 spiro atoms. The number of pyridine rings is 2. The Balaban J connectivity index is 1.89. The lowest BCUT2D eigenvalue weighted by atomic mass is 9.76. The summed E-state index contributed by atoms with van der Waals surface area (Å²) in [5.41, 5.74) is 0.0691. The molecule has 2 aromatic heterocycles. The van der Waals surface area contributed by atoms with Crippen molar-refractivity contribution < 1.29 is 17.6 Å². The number of alkyl halides is 2. The molecule has 1 aliphatic heterocycles. The minimum Gasteiger partial charge on any atom is -0.246 e. The summed E-state index contributed by atoms with van der Waals surface area (Å²) in [5, 5.41) is 0. The van der Waals surface area contributed by atoms with Gasteiger partial charge in [-0.25, -0.2) is 18.7 Å². The zero-order chi connectivity index (χ0) is 22.7. The lowest BCUT2D eigenvalue weighted by Crippen LogP contribution is -2.22. The molecule has 6 heteroatoms. The Bertz CT molecular complexity index is 1360. The van der Waals surface area contributed by atoms with Crippen molar-refractivity contribution in [2.45, 2.75) is 25.2 Å². The topological polar surface area (TPSA) is 25.8 Å². The quantitative estimate of drug-likeness (QED) is 0.282. The summed E-state index contributed by atoms with van der Waals surface area (Å²) in [6, 6.07) is 17.7. The van der Waals surface area contributed by atoms with E-state index < -0.39 is 34.4 Å². The van der Waals surface area contributed by atoms with Gasteiger partial charge in [0.1, 0.15) is 23.0 Å². The maximum Gasteiger partial charge on any atom is 0.331 e. The van der Waals surface area contributed by atoms with E-state index in [1.54, 1.807) is 24.3 Å². The molecule has 0 saturated heterocycles. The fraction of sp³-hybridized carbons (Fsp3) is 0.154. The van der Waals surface area contributed by atoms with E-state index in [0.717, 1.165) is 11.6 Å². The van der Waals surface area contributed by atoms with Gasteiger partial charge in [0, 0.05) is 22.6 Å². The second-order valence-electron chi connectivity index (χ2n) is 8.41. The third-order valence-corrected chi connectivity index (χ3v) is 6.03. The van der Waals surface area contributed by atoms with Crippen LogP contribution in [0.3, 0.4) is 0 Å². The molecule has 32 heavy (non-hydrogen) atoms. The van der Waals surface area contributed by atoms with Gasteiger partial charge in [0.05, 0.1) is 11.4 Å². The summed E-state index contributed by atoms with van der Waals surface area (Å²) in [6.45, 7) is 3.67. The van der Waals surface area contributed by atoms with E-state index in [9.17, 15) is 8.78 Å². The summed E-state index contributed by atoms with van der Waals surface area (Å²) in [4.78, 5) is 8.27. The molecule has 0 amide bonds. The van der Waals surface area contributed by atoms with Gasteiger partial charge >= 0.3 is 5.92 Å². The highest BCUT2D eigenvalue weighted by Gasteiger charge is 2.38. The first kappa shape index (κ1) is 20.4. The molecule has 5 rings (SSSR count). The predicted molar refractivity (Wildman–Crippen MR) is 114 cm³/mol. The van der Waals surface area contributed by atoms with Crippen molar-refractivity contribution >= 4 is 0 Å². The minimum absolute atomic E-state index is 0.00121. The molecule has 2 aromatic carbocycles. The number of hydrogen-bond acceptors (Lipinski definition) is 2. The Morgan fingerprint density at radius 1 is 0.688 bits per heavy atom. The van der Waals surface area contributed by atoms with Crippen LogP contribution in [0.4, 0.5) is 17.6 Å². The molecule has 4 aromatic rings. The van der Waals surface area contributed by atoms with Gasteiger partial charge in [-0.3, -0.25) is 0 Å². The smallest absolute Gasteiger partial charge is 0.246 e. The van der Waals surface area contributed by atoms with Crippen LogP contribution in [-0.4, -0.2) is 9.97 Å². The van der Waals surface area contributed by atoms with Crippen molar-refractivity contribution in [1.82, 2.24) is 9.97 Å². The van der Waals surface area contributed by atoms with Crippen LogP contribution >= 0.6 is 0 Å². The number of hydrogen-bond donors (Lipinski definition) is 0. The Kier molecular flexibility index (Phi) is 4.45. The van der Waals surface area contributed by atoms with Crippen molar-refractivity contribution in [3.05, 3.63) is 107 Å². The van der Waals surface area contributed by atoms with Gasteiger partial charge in [-0.2, -0.15) is 8.78 Å². The lowest BCUT2D eigenvalue weighted by Gasteiger charge is -2.28. The van der Waals surface area contributed by atoms with Crippen LogP contribution in [0.1, 0.15) is 36.4 Å². The number of benzene rings is 2. The molecule has 0 radical (unpaired) electrons. The van der Waals surface area contributed by atoms with Crippen molar-refractivity contribution in [1.29, 1.82) is 0 Å². The van der Waals surface area contributed by atoms with Crippen molar-refractivity contribution in [2.24, 2.45) is 0 Å². The zero-order valence-electron chi connectivity index (χ0n) is 17.3. The first-order valence-corrected chi connectivity index (χ1v) is 10.1. The van der Waals surface area contributed by atoms with Crippen LogP contribution in [0.2, 0.25) is 0 Å². The largest absolute Gasteiger partial charge is 0.331 e. The summed E-state index contributed by atoms with van der Waals surface area (Å²) in [5.74, 6) is -5.09. The third-order valence-electron chi connectivity index (χ3n) is 6.03. The molecular weight excluding hydrogens is 416 g/mol. The van der Waals surface area contributed by atoms with E-state index >= 15 is 8.78 Å². The molecule has 160 valence electrons. The van der Waals surface area contributed by atoms with Gasteiger partial charge in [0.15, 0.2) is 0 Å². The lowest BCUT2D eigenvalue weighted by molar-refractivity contribution is 0.0334. The van der Waals surface area contributed by atoms with Crippen LogP contribution in [0.15, 0.2) is 72.8 Å². The summed E-state index contributed by atoms with van der Waals surface area (Å²) < 4.78 is 60.5. The van der Waals surface area contributed by atoms with E-state index in [-0.39, 0.29) is 16.8 Å². The SMILES string of the molecule is CC1(C)c2cccc(c2)-c2cccc(n2)C(F)(F)c2cccc(n2)-c2cc1c(F)cc2F. The Morgan fingerprint density at radius 3 is 2.03 bits per heavy atom. The monoisotopic (exact) mass is 434 g/mol. The number of fused-ring (bicyclic) bond motifs is 10. The molecule has 0 unspecified atom stereocenters. The zero-order valence-corrected chi connectivity index (χ0v) is 17.3. The van der Waals surface area contributed by atoms with Gasteiger partial charge < -0.3 is 0 Å². The van der Waals surface area contributed by atoms with E-state index in [0.29, 0.717) is 11.3 Å². The van der Waals surface area contributed by atoms with Crippen LogP contribution in [-0.2, 0) is 11.3 Å². The number of rotatable bonds is 0. The van der Waals surface area contributed by atoms with E-state index in [4.69, 9.17) is 0 Å². The third kappa shape index (κ3) is 3.09. The number of nitrogens with zero attached hydrogens (tertiary/aromatic N) is 2. The molecule has 0 fully saturated rings. The molecule has 3 heterocycles. The van der Waals surface area contributed by atoms with Crippen molar-refractivity contribution in [3.63, 3.8) is 0 Å². The molecule has 8 bridgehead atoms. The summed E-state index contributed by atoms with van der Waals surface area (Å²) in [7, 11) is 0. The molecule has 0 N–H and O–H groups in total. The van der Waals surface area contributed by atoms with Crippen molar-refractivity contribution in [3.8, 4) is 22.5 Å². The highest BCUT2D eigenvalue weighted by atomic mass is 19.3. The summed E-state index contributed by atoms with van der Waals surface area (Å²) in [6.07, 6.45) is 0. The highest BCUT2D eigenvalue weighted by Crippen LogP contribution is 2.40. The van der Waals surface area contributed by atoms with Gasteiger partial charge in [-0.05, 0) is 47.5 Å². The van der Waals surface area contributed by atoms with Crippen molar-refractivity contribution in [2.75, 3.05) is 0 Å². The standard InChI is InChI=1S/C26H18F4N2/c1-25(2)16-7-3-6-15(12-16)21-8-4-10-23(31-21)26(29,30)24-11-5-9-22(32-24)17-13-18(25)20(28)14-19(17)27/h3-14H,1-2H3. The van der Waals surface area contributed by atoms with Gasteiger partial charge in [-0.1, -0.05) is 44.2 Å². The molecule has 1 aliphatic rings. The maximum absolute atomic E-state index is 15.4. The van der Waals surface area contributed by atoms with E-state index in [1.165, 1.54) is 36.4 Å². The van der Waals surface area contributed by atoms with Crippen LogP contribution < -0.4 is 0 Å². The minimum atomic E-state index is -3.51. The first-order chi connectivity index (χ1) is 15.2. The van der Waals surface area contributed by atoms with Gasteiger partial charge in [-0.15, -0.1) is 0 Å². The van der Waals surface area contributed by atoms with Crippen LogP contribution in [0.25, 0.3) is 22.5 Å². The molecular formula is C26H18F4N2. The average molecular weight is 434 g/mol. The van der Waals surface area contributed by atoms with Gasteiger partial charge in [0.2, 0.25) is 0 Å². The van der Waals surface area contributed by atoms with E-state index in [1.807, 2.05) is 19.9 Å². The van der Waals surface area contributed by atoms with E-state index in [2.05, 4.69) is 9.97 Å². The average Bonchev–Trinajstić information content (AvgIpc) is 2.79. The Morgan fingerprint density at radius 2 is 1.31 bits per heavy atom. The van der Waals surface area contributed by atoms with Gasteiger partial charge in [0.25, 0.3) is 0 Å². The second-order valence-corrected chi connectivity index (χ2v) is 8.41. The second kappa shape index (κ2) is 6.99. The normalized spacial score (nSPS) is 15.7. The fourth-order valence-corrected chi connectivity index (χ4v) is 4.11. The number of halogens is 4. The Labute approximate surface area is 182 Å². The van der Waals surface area contributed by atoms with Crippen LogP contribution in [0.5, 0.6) is 0 Å². The maximum atomic E-state index is 15.4. The highest BCUT2D eigenvalue weighted by molar-refractivity contribution is 5.65. The summed E-state index contributed by atoms with van der Waals surface area (Å²) >= 11 is 0. The molecule has 2 nitrogen and oxygen atoms in total. The molecule has 0 saturated carbocycles. The van der Waals surface area contributed by atoms with Crippen LogP contribution in [0, 0.1) is 11.6 Å². The first-order valence-electron chi connectivity index (χ1n) is 10.1. The fourth-order valence-electron chi connectivity index (χ4n) is 4.11. The molecule has 0 aliphatic carbocycles.